The smallest absolute Gasteiger partial charge is 0.213 e. The Morgan fingerprint density at radius 2 is 1.68 bits per heavy atom. The first kappa shape index (κ1) is 15.8. The van der Waals surface area contributed by atoms with Crippen LogP contribution in [0, 0.1) is 0 Å². The van der Waals surface area contributed by atoms with Gasteiger partial charge < -0.3 is 0 Å². The molecule has 0 N–H and O–H groups in total. The van der Waals surface area contributed by atoms with E-state index in [4.69, 9.17) is 0 Å². The van der Waals surface area contributed by atoms with E-state index in [9.17, 15) is 4.79 Å². The summed E-state index contributed by atoms with van der Waals surface area (Å²) in [7, 11) is 0. The van der Waals surface area contributed by atoms with Crippen LogP contribution in [0.1, 0.15) is 47.8 Å². The Hall–Kier alpha value is -2.74. The highest BCUT2D eigenvalue weighted by atomic mass is 16.1. The molecule has 0 amide bonds. The Labute approximate surface area is 148 Å². The topological polar surface area (TPSA) is 20.9 Å². The van der Waals surface area contributed by atoms with Gasteiger partial charge in [-0.1, -0.05) is 57.2 Å². The van der Waals surface area contributed by atoms with Gasteiger partial charge in [-0.05, 0) is 29.2 Å². The number of pyridine rings is 1. The maximum absolute atomic E-state index is 12.7. The van der Waals surface area contributed by atoms with E-state index in [0.717, 1.165) is 17.7 Å². The van der Waals surface area contributed by atoms with Crippen LogP contribution in [0.5, 0.6) is 0 Å². The van der Waals surface area contributed by atoms with Crippen LogP contribution < -0.4 is 4.57 Å². The summed E-state index contributed by atoms with van der Waals surface area (Å²) in [5.41, 5.74) is 6.74. The van der Waals surface area contributed by atoms with Gasteiger partial charge in [0.15, 0.2) is 18.5 Å². The summed E-state index contributed by atoms with van der Waals surface area (Å²) in [6, 6.07) is 20.2. The number of fused-ring (bicyclic) bond motifs is 3. The van der Waals surface area contributed by atoms with Gasteiger partial charge >= 0.3 is 0 Å². The highest BCUT2D eigenvalue weighted by molar-refractivity contribution is 6.08. The van der Waals surface area contributed by atoms with Crippen molar-refractivity contribution in [1.29, 1.82) is 0 Å². The standard InChI is InChI=1S/C23H22NO/c1-23(2,3)19-10-11-20-18(13-19)15-24-14-17(9-12-21(20)24)22(25)16-7-5-4-6-8-16/h4-14H,15H2,1-3H3/q+1. The first-order valence-corrected chi connectivity index (χ1v) is 8.70. The first-order valence-electron chi connectivity index (χ1n) is 8.70. The van der Waals surface area contributed by atoms with Crippen LogP contribution in [0.15, 0.2) is 66.9 Å². The minimum Gasteiger partial charge on any atom is -0.288 e. The summed E-state index contributed by atoms with van der Waals surface area (Å²) in [5.74, 6) is 0.0715. The zero-order valence-electron chi connectivity index (χ0n) is 14.9. The molecular formula is C23H22NO+. The van der Waals surface area contributed by atoms with E-state index in [1.165, 1.54) is 22.4 Å². The Balaban J connectivity index is 1.71. The molecule has 25 heavy (non-hydrogen) atoms. The molecule has 0 saturated heterocycles. The van der Waals surface area contributed by atoms with Gasteiger partial charge in [-0.25, -0.2) is 0 Å². The predicted octanol–water partition coefficient (Wildman–Crippen LogP) is 4.53. The summed E-state index contributed by atoms with van der Waals surface area (Å²) in [6.45, 7) is 7.53. The van der Waals surface area contributed by atoms with Crippen molar-refractivity contribution < 1.29 is 9.36 Å². The Morgan fingerprint density at radius 3 is 2.40 bits per heavy atom. The molecule has 0 radical (unpaired) electrons. The second-order valence-electron chi connectivity index (χ2n) is 7.75. The molecule has 0 unspecified atom stereocenters. The van der Waals surface area contributed by atoms with Gasteiger partial charge in [0.25, 0.3) is 0 Å². The number of aromatic nitrogens is 1. The number of ketones is 1. The third kappa shape index (κ3) is 2.78. The average Bonchev–Trinajstić information content (AvgIpc) is 2.98. The maximum atomic E-state index is 12.7. The monoisotopic (exact) mass is 328 g/mol. The molecule has 0 fully saturated rings. The van der Waals surface area contributed by atoms with Crippen molar-refractivity contribution in [2.75, 3.05) is 0 Å². The highest BCUT2D eigenvalue weighted by Gasteiger charge is 2.28. The molecule has 1 aromatic heterocycles. The minimum atomic E-state index is 0.0715. The fourth-order valence-corrected chi connectivity index (χ4v) is 3.44. The minimum absolute atomic E-state index is 0.0715. The third-order valence-corrected chi connectivity index (χ3v) is 4.91. The van der Waals surface area contributed by atoms with E-state index in [1.54, 1.807) is 0 Å². The molecule has 0 spiro atoms. The molecule has 0 saturated carbocycles. The maximum Gasteiger partial charge on any atom is 0.213 e. The quantitative estimate of drug-likeness (QED) is 0.391. The van der Waals surface area contributed by atoms with E-state index in [2.05, 4.69) is 49.6 Å². The molecule has 2 nitrogen and oxygen atoms in total. The van der Waals surface area contributed by atoms with Gasteiger partial charge in [0, 0.05) is 17.2 Å². The lowest BCUT2D eigenvalue weighted by Crippen LogP contribution is -2.33. The van der Waals surface area contributed by atoms with Crippen molar-refractivity contribution in [2.24, 2.45) is 0 Å². The third-order valence-electron chi connectivity index (χ3n) is 4.91. The molecular weight excluding hydrogens is 306 g/mol. The number of benzene rings is 2. The predicted molar refractivity (Wildman–Crippen MR) is 99.7 cm³/mol. The van der Waals surface area contributed by atoms with Crippen LogP contribution in [0.25, 0.3) is 11.3 Å². The second-order valence-corrected chi connectivity index (χ2v) is 7.75. The molecule has 124 valence electrons. The normalized spacial score (nSPS) is 12.6. The van der Waals surface area contributed by atoms with Gasteiger partial charge in [-0.3, -0.25) is 4.79 Å². The van der Waals surface area contributed by atoms with E-state index in [-0.39, 0.29) is 11.2 Å². The second kappa shape index (κ2) is 5.66. The van der Waals surface area contributed by atoms with Gasteiger partial charge in [0.1, 0.15) is 0 Å². The van der Waals surface area contributed by atoms with Crippen molar-refractivity contribution in [1.82, 2.24) is 0 Å². The molecule has 1 aliphatic rings. The number of hydrogen-bond acceptors (Lipinski definition) is 1. The molecule has 4 rings (SSSR count). The fourth-order valence-electron chi connectivity index (χ4n) is 3.44. The molecule has 0 bridgehead atoms. The summed E-state index contributed by atoms with van der Waals surface area (Å²) in [4.78, 5) is 12.7. The van der Waals surface area contributed by atoms with Crippen LogP contribution in [0.2, 0.25) is 0 Å². The zero-order chi connectivity index (χ0) is 17.6. The van der Waals surface area contributed by atoms with Crippen LogP contribution in [0.4, 0.5) is 0 Å². The van der Waals surface area contributed by atoms with Gasteiger partial charge in [0.2, 0.25) is 5.69 Å². The number of rotatable bonds is 2. The van der Waals surface area contributed by atoms with Crippen LogP contribution >= 0.6 is 0 Å². The van der Waals surface area contributed by atoms with Crippen molar-refractivity contribution >= 4 is 5.78 Å². The average molecular weight is 328 g/mol. The van der Waals surface area contributed by atoms with E-state index < -0.39 is 0 Å². The molecule has 2 heterocycles. The van der Waals surface area contributed by atoms with Crippen molar-refractivity contribution in [3.05, 3.63) is 89.1 Å². The largest absolute Gasteiger partial charge is 0.288 e. The lowest BCUT2D eigenvalue weighted by atomic mass is 9.85. The lowest BCUT2D eigenvalue weighted by molar-refractivity contribution is -0.672. The summed E-state index contributed by atoms with van der Waals surface area (Å²) < 4.78 is 2.19. The Morgan fingerprint density at radius 1 is 0.920 bits per heavy atom. The van der Waals surface area contributed by atoms with Gasteiger partial charge in [0.05, 0.1) is 11.1 Å². The molecule has 0 aliphatic carbocycles. The number of carbonyl (C=O) groups excluding carboxylic acids is 1. The van der Waals surface area contributed by atoms with Crippen LogP contribution in [0.3, 0.4) is 0 Å². The van der Waals surface area contributed by atoms with Crippen LogP contribution in [-0.2, 0) is 12.0 Å². The van der Waals surface area contributed by atoms with Gasteiger partial charge in [-0.15, -0.1) is 0 Å². The van der Waals surface area contributed by atoms with Crippen LogP contribution in [-0.4, -0.2) is 5.78 Å². The molecule has 0 atom stereocenters. The first-order chi connectivity index (χ1) is 11.9. The Kier molecular flexibility index (Phi) is 3.57. The molecule has 3 aromatic rings. The summed E-state index contributed by atoms with van der Waals surface area (Å²) in [5, 5.41) is 0. The molecule has 2 heteroatoms. The number of hydrogen-bond donors (Lipinski definition) is 0. The number of nitrogens with zero attached hydrogens (tertiary/aromatic N) is 1. The van der Waals surface area contributed by atoms with Crippen molar-refractivity contribution in [3.63, 3.8) is 0 Å². The molecule has 2 aromatic carbocycles. The Bertz CT molecular complexity index is 965. The summed E-state index contributed by atoms with van der Waals surface area (Å²) >= 11 is 0. The van der Waals surface area contributed by atoms with Crippen molar-refractivity contribution in [3.8, 4) is 11.3 Å². The van der Waals surface area contributed by atoms with Gasteiger partial charge in [-0.2, -0.15) is 4.57 Å². The SMILES string of the molecule is CC(C)(C)c1ccc2c(c1)C[n+]1cc(C(=O)c3ccccc3)ccc1-2. The highest BCUT2D eigenvalue weighted by Crippen LogP contribution is 2.31. The van der Waals surface area contributed by atoms with Crippen molar-refractivity contribution in [2.45, 2.75) is 32.7 Å². The lowest BCUT2D eigenvalue weighted by Gasteiger charge is -2.19. The zero-order valence-corrected chi connectivity index (χ0v) is 14.9. The fraction of sp³-hybridized carbons (Fsp3) is 0.217. The van der Waals surface area contributed by atoms with E-state index in [0.29, 0.717) is 0 Å². The molecule has 1 aliphatic heterocycles. The van der Waals surface area contributed by atoms with E-state index in [1.807, 2.05) is 42.6 Å². The number of carbonyl (C=O) groups is 1. The summed E-state index contributed by atoms with van der Waals surface area (Å²) in [6.07, 6.45) is 1.99. The van der Waals surface area contributed by atoms with E-state index >= 15 is 0 Å².